The van der Waals surface area contributed by atoms with Crippen LogP contribution in [-0.2, 0) is 4.79 Å². The lowest BCUT2D eigenvalue weighted by Gasteiger charge is -2.37. The molecule has 3 nitrogen and oxygen atoms in total. The molecule has 1 aliphatic heterocycles. The lowest BCUT2D eigenvalue weighted by molar-refractivity contribution is -0.130. The van der Waals surface area contributed by atoms with Gasteiger partial charge in [-0.3, -0.25) is 4.79 Å². The third-order valence-electron chi connectivity index (χ3n) is 4.24. The molecule has 1 saturated heterocycles. The van der Waals surface area contributed by atoms with Crippen molar-refractivity contribution in [1.29, 1.82) is 0 Å². The van der Waals surface area contributed by atoms with Crippen molar-refractivity contribution in [2.45, 2.75) is 17.1 Å². The molecule has 0 radical (unpaired) electrons. The molecule has 132 valence electrons. The highest BCUT2D eigenvalue weighted by Gasteiger charge is 2.25. The number of piperazine rings is 1. The van der Waals surface area contributed by atoms with Crippen LogP contribution >= 0.6 is 35.0 Å². The van der Waals surface area contributed by atoms with Crippen molar-refractivity contribution in [3.8, 4) is 0 Å². The molecule has 1 atom stereocenters. The summed E-state index contributed by atoms with van der Waals surface area (Å²) in [5.41, 5.74) is 1.11. The van der Waals surface area contributed by atoms with Gasteiger partial charge in [-0.15, -0.1) is 11.8 Å². The van der Waals surface area contributed by atoms with Crippen LogP contribution in [0.15, 0.2) is 53.4 Å². The molecule has 0 aliphatic carbocycles. The van der Waals surface area contributed by atoms with E-state index < -0.39 is 0 Å². The lowest BCUT2D eigenvalue weighted by atomic mass is 10.2. The van der Waals surface area contributed by atoms with E-state index in [0.717, 1.165) is 41.8 Å². The Morgan fingerprint density at radius 3 is 2.32 bits per heavy atom. The van der Waals surface area contributed by atoms with Crippen molar-refractivity contribution in [2.75, 3.05) is 31.1 Å². The third kappa shape index (κ3) is 4.84. The number of carbonyl (C=O) groups is 1. The van der Waals surface area contributed by atoms with Crippen LogP contribution in [0, 0.1) is 0 Å². The molecule has 0 spiro atoms. The average molecular weight is 395 g/mol. The molecular weight excluding hydrogens is 375 g/mol. The molecule has 1 amide bonds. The lowest BCUT2D eigenvalue weighted by Crippen LogP contribution is -2.50. The van der Waals surface area contributed by atoms with Gasteiger partial charge in [0, 0.05) is 46.8 Å². The van der Waals surface area contributed by atoms with E-state index in [9.17, 15) is 4.79 Å². The van der Waals surface area contributed by atoms with Gasteiger partial charge in [0.05, 0.1) is 5.25 Å². The van der Waals surface area contributed by atoms with Gasteiger partial charge in [0.15, 0.2) is 0 Å². The van der Waals surface area contributed by atoms with Gasteiger partial charge >= 0.3 is 0 Å². The van der Waals surface area contributed by atoms with Gasteiger partial charge < -0.3 is 9.80 Å². The summed E-state index contributed by atoms with van der Waals surface area (Å²) in [4.78, 5) is 18.0. The number of benzene rings is 2. The maximum atomic E-state index is 12.7. The molecule has 3 rings (SSSR count). The fourth-order valence-corrected chi connectivity index (χ4v) is 4.14. The average Bonchev–Trinajstić information content (AvgIpc) is 2.63. The molecule has 0 saturated carbocycles. The highest BCUT2D eigenvalue weighted by atomic mass is 35.5. The van der Waals surface area contributed by atoms with Crippen molar-refractivity contribution in [3.05, 3.63) is 58.6 Å². The second kappa shape index (κ2) is 8.35. The second-order valence-corrected chi connectivity index (χ2v) is 8.29. The number of hydrogen-bond donors (Lipinski definition) is 0. The first kappa shape index (κ1) is 18.4. The van der Waals surface area contributed by atoms with E-state index >= 15 is 0 Å². The van der Waals surface area contributed by atoms with Gasteiger partial charge in [-0.25, -0.2) is 0 Å². The van der Waals surface area contributed by atoms with E-state index in [1.165, 1.54) is 0 Å². The summed E-state index contributed by atoms with van der Waals surface area (Å²) >= 11 is 13.6. The number of amides is 1. The van der Waals surface area contributed by atoms with Gasteiger partial charge in [-0.1, -0.05) is 29.3 Å². The van der Waals surface area contributed by atoms with Crippen LogP contribution in [0.3, 0.4) is 0 Å². The molecule has 0 bridgehead atoms. The van der Waals surface area contributed by atoms with Gasteiger partial charge in [0.25, 0.3) is 0 Å². The van der Waals surface area contributed by atoms with Crippen molar-refractivity contribution < 1.29 is 4.79 Å². The number of carbonyl (C=O) groups excluding carboxylic acids is 1. The Morgan fingerprint density at radius 1 is 1.00 bits per heavy atom. The van der Waals surface area contributed by atoms with Crippen LogP contribution in [0.1, 0.15) is 6.92 Å². The van der Waals surface area contributed by atoms with E-state index in [0.29, 0.717) is 5.02 Å². The van der Waals surface area contributed by atoms with E-state index in [1.54, 1.807) is 11.8 Å². The largest absolute Gasteiger partial charge is 0.368 e. The summed E-state index contributed by atoms with van der Waals surface area (Å²) in [5.74, 6) is 0.186. The zero-order valence-corrected chi connectivity index (χ0v) is 16.3. The molecule has 1 heterocycles. The molecule has 2 aromatic rings. The van der Waals surface area contributed by atoms with Crippen LogP contribution < -0.4 is 4.90 Å². The highest BCUT2D eigenvalue weighted by molar-refractivity contribution is 8.00. The van der Waals surface area contributed by atoms with Gasteiger partial charge in [-0.2, -0.15) is 0 Å². The van der Waals surface area contributed by atoms with Gasteiger partial charge in [0.2, 0.25) is 5.91 Å². The summed E-state index contributed by atoms with van der Waals surface area (Å²) in [6.07, 6.45) is 0. The molecule has 0 N–H and O–H groups in total. The SMILES string of the molecule is CC(Sc1ccc(Cl)cc1)C(=O)N1CCN(c2cccc(Cl)c2)CC1. The minimum atomic E-state index is -0.112. The van der Waals surface area contributed by atoms with E-state index in [2.05, 4.69) is 11.0 Å². The van der Waals surface area contributed by atoms with Crippen LogP contribution in [0.5, 0.6) is 0 Å². The first-order valence-electron chi connectivity index (χ1n) is 8.24. The standard InChI is InChI=1S/C19H20Cl2N2OS/c1-14(25-18-7-5-15(20)6-8-18)19(24)23-11-9-22(10-12-23)17-4-2-3-16(21)13-17/h2-8,13-14H,9-12H2,1H3. The number of thioether (sulfide) groups is 1. The normalized spacial score (nSPS) is 16.0. The summed E-state index contributed by atoms with van der Waals surface area (Å²) in [5, 5.41) is 1.34. The quantitative estimate of drug-likeness (QED) is 0.694. The Labute approximate surface area is 162 Å². The van der Waals surface area contributed by atoms with Crippen LogP contribution in [0.2, 0.25) is 10.0 Å². The monoisotopic (exact) mass is 394 g/mol. The predicted octanol–water partition coefficient (Wildman–Crippen LogP) is 4.82. The number of hydrogen-bond acceptors (Lipinski definition) is 3. The fourth-order valence-electron chi connectivity index (χ4n) is 2.88. The van der Waals surface area contributed by atoms with Crippen molar-refractivity contribution >= 4 is 46.6 Å². The highest BCUT2D eigenvalue weighted by Crippen LogP contribution is 2.27. The van der Waals surface area contributed by atoms with Crippen LogP contribution in [0.25, 0.3) is 0 Å². The Hall–Kier alpha value is -1.36. The molecule has 1 aliphatic rings. The van der Waals surface area contributed by atoms with Crippen molar-refractivity contribution in [3.63, 3.8) is 0 Å². The van der Waals surface area contributed by atoms with Crippen molar-refractivity contribution in [2.24, 2.45) is 0 Å². The summed E-state index contributed by atoms with van der Waals surface area (Å²) in [6, 6.07) is 15.5. The van der Waals surface area contributed by atoms with Crippen LogP contribution in [-0.4, -0.2) is 42.2 Å². The smallest absolute Gasteiger partial charge is 0.235 e. The Morgan fingerprint density at radius 2 is 1.68 bits per heavy atom. The molecule has 2 aromatic carbocycles. The van der Waals surface area contributed by atoms with Gasteiger partial charge in [0.1, 0.15) is 0 Å². The molecular formula is C19H20Cl2N2OS. The fraction of sp³-hybridized carbons (Fsp3) is 0.316. The maximum Gasteiger partial charge on any atom is 0.235 e. The predicted molar refractivity (Wildman–Crippen MR) is 107 cm³/mol. The maximum absolute atomic E-state index is 12.7. The Balaban J connectivity index is 1.54. The first-order chi connectivity index (χ1) is 12.0. The number of rotatable bonds is 4. The third-order valence-corrected chi connectivity index (χ3v) is 5.83. The molecule has 1 unspecified atom stereocenters. The van der Waals surface area contributed by atoms with E-state index in [4.69, 9.17) is 23.2 Å². The Kier molecular flexibility index (Phi) is 6.15. The molecule has 25 heavy (non-hydrogen) atoms. The number of halogens is 2. The molecule has 1 fully saturated rings. The zero-order valence-electron chi connectivity index (χ0n) is 14.0. The van der Waals surface area contributed by atoms with E-state index in [-0.39, 0.29) is 11.2 Å². The number of anilines is 1. The minimum Gasteiger partial charge on any atom is -0.368 e. The van der Waals surface area contributed by atoms with E-state index in [1.807, 2.05) is 54.3 Å². The molecule has 0 aromatic heterocycles. The van der Waals surface area contributed by atoms with Crippen molar-refractivity contribution in [1.82, 2.24) is 4.90 Å². The first-order valence-corrected chi connectivity index (χ1v) is 9.88. The summed E-state index contributed by atoms with van der Waals surface area (Å²) in [7, 11) is 0. The molecule has 6 heteroatoms. The van der Waals surface area contributed by atoms with Crippen LogP contribution in [0.4, 0.5) is 5.69 Å². The second-order valence-electron chi connectivity index (χ2n) is 6.01. The minimum absolute atomic E-state index is 0.112. The summed E-state index contributed by atoms with van der Waals surface area (Å²) < 4.78 is 0. The zero-order chi connectivity index (χ0) is 17.8. The summed E-state index contributed by atoms with van der Waals surface area (Å²) in [6.45, 7) is 5.08. The number of nitrogens with zero attached hydrogens (tertiary/aromatic N) is 2. The van der Waals surface area contributed by atoms with Gasteiger partial charge in [-0.05, 0) is 49.4 Å². The Bertz CT molecular complexity index is 730. The topological polar surface area (TPSA) is 23.6 Å².